The minimum absolute atomic E-state index is 0.312. The van der Waals surface area contributed by atoms with Crippen LogP contribution in [-0.4, -0.2) is 53.0 Å². The van der Waals surface area contributed by atoms with Gasteiger partial charge in [0.1, 0.15) is 0 Å². The van der Waals surface area contributed by atoms with Crippen molar-refractivity contribution >= 4 is 11.6 Å². The molecule has 2 aliphatic heterocycles. The Morgan fingerprint density at radius 1 is 0.828 bits per heavy atom. The number of nitrogens with zero attached hydrogens (tertiary/aromatic N) is 4. The maximum absolute atomic E-state index is 5.93. The maximum Gasteiger partial charge on any atom is 0.247 e. The molecule has 0 unspecified atom stereocenters. The predicted octanol–water partition coefficient (Wildman–Crippen LogP) is 3.44. The van der Waals surface area contributed by atoms with Gasteiger partial charge >= 0.3 is 0 Å². The first-order valence-corrected chi connectivity index (χ1v) is 10.0. The van der Waals surface area contributed by atoms with E-state index < -0.39 is 0 Å². The van der Waals surface area contributed by atoms with E-state index in [1.807, 2.05) is 30.3 Å². The number of benzene rings is 2. The van der Waals surface area contributed by atoms with Crippen LogP contribution in [0.1, 0.15) is 11.5 Å². The zero-order valence-corrected chi connectivity index (χ0v) is 16.6. The third kappa shape index (κ3) is 4.22. The molecule has 0 amide bonds. The molecule has 7 nitrogen and oxygen atoms in total. The summed E-state index contributed by atoms with van der Waals surface area (Å²) in [6.07, 6.45) is 0. The predicted molar refractivity (Wildman–Crippen MR) is 108 cm³/mol. The van der Waals surface area contributed by atoms with Crippen molar-refractivity contribution in [2.24, 2.45) is 0 Å². The van der Waals surface area contributed by atoms with Gasteiger partial charge in [-0.05, 0) is 42.0 Å². The second kappa shape index (κ2) is 8.02. The number of halogens is 1. The van der Waals surface area contributed by atoms with Crippen molar-refractivity contribution < 1.29 is 13.9 Å². The lowest BCUT2D eigenvalue weighted by Crippen LogP contribution is -2.45. The van der Waals surface area contributed by atoms with Crippen molar-refractivity contribution in [2.45, 2.75) is 13.1 Å². The van der Waals surface area contributed by atoms with E-state index in [2.05, 4.69) is 32.1 Å². The Bertz CT molecular complexity index is 984. The third-order valence-corrected chi connectivity index (χ3v) is 5.48. The second-order valence-electron chi connectivity index (χ2n) is 7.25. The molecular weight excluding hydrogens is 392 g/mol. The molecule has 8 heteroatoms. The number of ether oxygens (including phenoxy) is 2. The van der Waals surface area contributed by atoms with E-state index in [0.717, 1.165) is 49.8 Å². The summed E-state index contributed by atoms with van der Waals surface area (Å²) in [5.74, 6) is 2.84. The Kier molecular flexibility index (Phi) is 5.10. The van der Waals surface area contributed by atoms with Gasteiger partial charge in [0.15, 0.2) is 11.5 Å². The average molecular weight is 413 g/mol. The molecule has 1 aromatic heterocycles. The molecule has 0 bridgehead atoms. The standard InChI is InChI=1S/C21H21ClN4O3/c22-17-4-2-16(3-5-17)21-24-23-20(29-21)13-26-9-7-25(8-10-26)12-15-1-6-18-19(11-15)28-14-27-18/h1-6,11H,7-10,12-14H2. The molecule has 29 heavy (non-hydrogen) atoms. The lowest BCUT2D eigenvalue weighted by molar-refractivity contribution is 0.114. The summed E-state index contributed by atoms with van der Waals surface area (Å²) in [4.78, 5) is 4.79. The Morgan fingerprint density at radius 3 is 2.34 bits per heavy atom. The van der Waals surface area contributed by atoms with Crippen LogP contribution >= 0.6 is 11.6 Å². The van der Waals surface area contributed by atoms with Gasteiger partial charge in [0.2, 0.25) is 18.6 Å². The topological polar surface area (TPSA) is 63.9 Å². The Morgan fingerprint density at radius 2 is 1.55 bits per heavy atom. The van der Waals surface area contributed by atoms with Gasteiger partial charge in [-0.1, -0.05) is 17.7 Å². The molecule has 0 atom stereocenters. The largest absolute Gasteiger partial charge is 0.454 e. The van der Waals surface area contributed by atoms with Crippen LogP contribution in [0.15, 0.2) is 46.9 Å². The number of rotatable bonds is 5. The molecule has 2 aliphatic rings. The van der Waals surface area contributed by atoms with E-state index in [4.69, 9.17) is 25.5 Å². The lowest BCUT2D eigenvalue weighted by Gasteiger charge is -2.33. The van der Waals surface area contributed by atoms with Crippen molar-refractivity contribution in [3.05, 3.63) is 58.9 Å². The smallest absolute Gasteiger partial charge is 0.247 e. The first-order valence-electron chi connectivity index (χ1n) is 9.64. The van der Waals surface area contributed by atoms with Gasteiger partial charge in [-0.3, -0.25) is 9.80 Å². The zero-order valence-electron chi connectivity index (χ0n) is 15.9. The first-order chi connectivity index (χ1) is 14.2. The normalized spacial score (nSPS) is 17.0. The number of aromatic nitrogens is 2. The summed E-state index contributed by atoms with van der Waals surface area (Å²) >= 11 is 5.93. The van der Waals surface area contributed by atoms with Crippen LogP contribution in [0.3, 0.4) is 0 Å². The second-order valence-corrected chi connectivity index (χ2v) is 7.68. The van der Waals surface area contributed by atoms with E-state index in [1.54, 1.807) is 0 Å². The maximum atomic E-state index is 5.93. The summed E-state index contributed by atoms with van der Waals surface area (Å²) in [5.41, 5.74) is 2.12. The average Bonchev–Trinajstić information content (AvgIpc) is 3.39. The monoisotopic (exact) mass is 412 g/mol. The highest BCUT2D eigenvalue weighted by Gasteiger charge is 2.20. The molecule has 150 valence electrons. The molecule has 0 spiro atoms. The van der Waals surface area contributed by atoms with Gasteiger partial charge < -0.3 is 13.9 Å². The van der Waals surface area contributed by atoms with Gasteiger partial charge in [0, 0.05) is 43.3 Å². The van der Waals surface area contributed by atoms with Crippen molar-refractivity contribution in [1.29, 1.82) is 0 Å². The van der Waals surface area contributed by atoms with E-state index in [9.17, 15) is 0 Å². The van der Waals surface area contributed by atoms with Crippen LogP contribution in [0.2, 0.25) is 5.02 Å². The highest BCUT2D eigenvalue weighted by molar-refractivity contribution is 6.30. The molecule has 0 radical (unpaired) electrons. The zero-order chi connectivity index (χ0) is 19.6. The van der Waals surface area contributed by atoms with Crippen LogP contribution in [-0.2, 0) is 13.1 Å². The van der Waals surface area contributed by atoms with E-state index >= 15 is 0 Å². The molecule has 0 saturated carbocycles. The van der Waals surface area contributed by atoms with Gasteiger partial charge in [-0.15, -0.1) is 10.2 Å². The van der Waals surface area contributed by atoms with E-state index in [-0.39, 0.29) is 0 Å². The summed E-state index contributed by atoms with van der Waals surface area (Å²) in [6.45, 7) is 5.79. The van der Waals surface area contributed by atoms with E-state index in [0.29, 0.717) is 30.1 Å². The van der Waals surface area contributed by atoms with Crippen LogP contribution in [0.5, 0.6) is 11.5 Å². The fraction of sp³-hybridized carbons (Fsp3) is 0.333. The molecule has 0 aliphatic carbocycles. The molecule has 2 aromatic carbocycles. The number of hydrogen-bond acceptors (Lipinski definition) is 7. The van der Waals surface area contributed by atoms with Crippen LogP contribution < -0.4 is 9.47 Å². The highest BCUT2D eigenvalue weighted by Crippen LogP contribution is 2.32. The summed E-state index contributed by atoms with van der Waals surface area (Å²) in [7, 11) is 0. The van der Waals surface area contributed by atoms with Gasteiger partial charge in [-0.25, -0.2) is 0 Å². The van der Waals surface area contributed by atoms with Crippen LogP contribution in [0.25, 0.3) is 11.5 Å². The van der Waals surface area contributed by atoms with Crippen molar-refractivity contribution in [1.82, 2.24) is 20.0 Å². The minimum Gasteiger partial charge on any atom is -0.454 e. The minimum atomic E-state index is 0.312. The Labute approximate surface area is 173 Å². The van der Waals surface area contributed by atoms with Crippen molar-refractivity contribution in [3.63, 3.8) is 0 Å². The molecule has 3 heterocycles. The van der Waals surface area contributed by atoms with Gasteiger partial charge in [0.25, 0.3) is 0 Å². The van der Waals surface area contributed by atoms with E-state index in [1.165, 1.54) is 5.56 Å². The quantitative estimate of drug-likeness (QED) is 0.636. The number of fused-ring (bicyclic) bond motifs is 1. The summed E-state index contributed by atoms with van der Waals surface area (Å²) < 4.78 is 16.7. The third-order valence-electron chi connectivity index (χ3n) is 5.22. The Balaban J connectivity index is 1.14. The van der Waals surface area contributed by atoms with Gasteiger partial charge in [-0.2, -0.15) is 0 Å². The molecule has 5 rings (SSSR count). The number of hydrogen-bond donors (Lipinski definition) is 0. The summed E-state index contributed by atoms with van der Waals surface area (Å²) in [5, 5.41) is 9.05. The fourth-order valence-electron chi connectivity index (χ4n) is 3.62. The number of piperazine rings is 1. The molecule has 1 fully saturated rings. The van der Waals surface area contributed by atoms with Crippen molar-refractivity contribution in [2.75, 3.05) is 33.0 Å². The van der Waals surface area contributed by atoms with Gasteiger partial charge in [0.05, 0.1) is 6.54 Å². The molecule has 3 aromatic rings. The fourth-order valence-corrected chi connectivity index (χ4v) is 3.75. The lowest BCUT2D eigenvalue weighted by atomic mass is 10.1. The molecular formula is C21H21ClN4O3. The molecule has 0 N–H and O–H groups in total. The SMILES string of the molecule is Clc1ccc(-c2nnc(CN3CCN(Cc4ccc5c(c4)OCO5)CC3)o2)cc1. The first kappa shape index (κ1) is 18.4. The highest BCUT2D eigenvalue weighted by atomic mass is 35.5. The summed E-state index contributed by atoms with van der Waals surface area (Å²) in [6, 6.07) is 13.6. The molecule has 1 saturated heterocycles. The van der Waals surface area contributed by atoms with Crippen molar-refractivity contribution in [3.8, 4) is 23.0 Å². The Hall–Kier alpha value is -2.61. The van der Waals surface area contributed by atoms with Crippen LogP contribution in [0.4, 0.5) is 0 Å². The van der Waals surface area contributed by atoms with Crippen LogP contribution in [0, 0.1) is 0 Å².